The first-order valence-electron chi connectivity index (χ1n) is 7.66. The summed E-state index contributed by atoms with van der Waals surface area (Å²) in [6, 6.07) is 1.80. The lowest BCUT2D eigenvalue weighted by Gasteiger charge is -2.13. The van der Waals surface area contributed by atoms with E-state index >= 15 is 0 Å². The van der Waals surface area contributed by atoms with Gasteiger partial charge in [0.25, 0.3) is 0 Å². The number of rotatable bonds is 7. The van der Waals surface area contributed by atoms with Crippen molar-refractivity contribution in [2.24, 2.45) is 0 Å². The molecule has 0 saturated heterocycles. The normalized spacial score (nSPS) is 10.8. The Morgan fingerprint density at radius 1 is 0.905 bits per heavy atom. The lowest BCUT2D eigenvalue weighted by Crippen LogP contribution is -2.19. The number of likely N-dealkylation sites (N-methyl/N-ethyl adjacent to an activating group) is 1. The Morgan fingerprint density at radius 3 is 2.05 bits per heavy atom. The highest BCUT2D eigenvalue weighted by molar-refractivity contribution is 5.45. The second-order valence-electron chi connectivity index (χ2n) is 4.80. The van der Waals surface area contributed by atoms with Crippen molar-refractivity contribution in [3.8, 4) is 11.6 Å². The molecule has 5 heteroatoms. The summed E-state index contributed by atoms with van der Waals surface area (Å²) in [5.74, 6) is 1.23. The van der Waals surface area contributed by atoms with Crippen molar-refractivity contribution in [2.45, 2.75) is 40.0 Å². The fourth-order valence-electron chi connectivity index (χ4n) is 2.36. The third-order valence-electron chi connectivity index (χ3n) is 3.42. The number of nitrogens with one attached hydrogen (secondary N) is 1. The zero-order valence-corrected chi connectivity index (χ0v) is 13.1. The second-order valence-corrected chi connectivity index (χ2v) is 4.80. The van der Waals surface area contributed by atoms with Crippen molar-refractivity contribution in [2.75, 3.05) is 13.1 Å². The predicted molar refractivity (Wildman–Crippen MR) is 84.1 cm³/mol. The highest BCUT2D eigenvalue weighted by Gasteiger charge is 2.14. The molecule has 0 bridgehead atoms. The maximum absolute atomic E-state index is 4.68. The summed E-state index contributed by atoms with van der Waals surface area (Å²) >= 11 is 0. The van der Waals surface area contributed by atoms with Crippen LogP contribution in [-0.2, 0) is 19.3 Å². The molecule has 0 aliphatic rings. The van der Waals surface area contributed by atoms with Crippen LogP contribution in [0.25, 0.3) is 11.6 Å². The van der Waals surface area contributed by atoms with Gasteiger partial charge in [0.15, 0.2) is 11.6 Å². The van der Waals surface area contributed by atoms with Crippen LogP contribution in [0, 0.1) is 0 Å². The molecule has 0 unspecified atom stereocenters. The van der Waals surface area contributed by atoms with Crippen molar-refractivity contribution in [1.82, 2.24) is 25.3 Å². The van der Waals surface area contributed by atoms with Crippen molar-refractivity contribution in [1.29, 1.82) is 0 Å². The number of aromatic nitrogens is 4. The summed E-state index contributed by atoms with van der Waals surface area (Å²) in [4.78, 5) is 17.9. The molecule has 2 aromatic rings. The predicted octanol–water partition coefficient (Wildman–Crippen LogP) is 2.21. The molecule has 0 spiro atoms. The SMILES string of the molecule is CCNCCc1c(CC)nc(-c2ncccn2)nc1CC. The number of aryl methyl sites for hydroxylation is 2. The van der Waals surface area contributed by atoms with Gasteiger partial charge in [0.1, 0.15) is 0 Å². The smallest absolute Gasteiger partial charge is 0.198 e. The van der Waals surface area contributed by atoms with Crippen LogP contribution in [0.1, 0.15) is 37.7 Å². The van der Waals surface area contributed by atoms with E-state index in [1.807, 2.05) is 0 Å². The number of hydrogen-bond acceptors (Lipinski definition) is 5. The molecule has 0 aromatic carbocycles. The molecule has 1 N–H and O–H groups in total. The van der Waals surface area contributed by atoms with E-state index < -0.39 is 0 Å². The van der Waals surface area contributed by atoms with Gasteiger partial charge in [-0.05, 0) is 44.0 Å². The summed E-state index contributed by atoms with van der Waals surface area (Å²) in [6.07, 6.45) is 6.22. The molecule has 2 aromatic heterocycles. The van der Waals surface area contributed by atoms with Gasteiger partial charge in [-0.25, -0.2) is 19.9 Å². The second kappa shape index (κ2) is 7.78. The van der Waals surface area contributed by atoms with Gasteiger partial charge < -0.3 is 5.32 Å². The van der Waals surface area contributed by atoms with Gasteiger partial charge in [-0.2, -0.15) is 0 Å². The minimum Gasteiger partial charge on any atom is -0.317 e. The average molecular weight is 285 g/mol. The largest absolute Gasteiger partial charge is 0.317 e. The molecule has 2 heterocycles. The van der Waals surface area contributed by atoms with Crippen molar-refractivity contribution in [3.63, 3.8) is 0 Å². The Hall–Kier alpha value is -1.88. The maximum Gasteiger partial charge on any atom is 0.198 e. The molecule has 0 radical (unpaired) electrons. The molecule has 5 nitrogen and oxygen atoms in total. The molecule has 0 aliphatic heterocycles. The fraction of sp³-hybridized carbons (Fsp3) is 0.500. The fourth-order valence-corrected chi connectivity index (χ4v) is 2.36. The standard InChI is InChI=1S/C16H23N5/c1-4-13-12(8-11-17-6-3)14(5-2)21-16(20-13)15-18-9-7-10-19-15/h7,9-10,17H,4-6,8,11H2,1-3H3. The molecule has 112 valence electrons. The van der Waals surface area contributed by atoms with E-state index in [4.69, 9.17) is 0 Å². The number of hydrogen-bond donors (Lipinski definition) is 1. The van der Waals surface area contributed by atoms with Gasteiger partial charge in [0.2, 0.25) is 0 Å². The molecular weight excluding hydrogens is 262 g/mol. The van der Waals surface area contributed by atoms with Gasteiger partial charge in [-0.1, -0.05) is 20.8 Å². The third-order valence-corrected chi connectivity index (χ3v) is 3.42. The van der Waals surface area contributed by atoms with Crippen LogP contribution >= 0.6 is 0 Å². The summed E-state index contributed by atoms with van der Waals surface area (Å²) in [5.41, 5.74) is 3.50. The monoisotopic (exact) mass is 285 g/mol. The van der Waals surface area contributed by atoms with Crippen molar-refractivity contribution >= 4 is 0 Å². The van der Waals surface area contributed by atoms with Crippen LogP contribution in [0.2, 0.25) is 0 Å². The zero-order valence-electron chi connectivity index (χ0n) is 13.1. The van der Waals surface area contributed by atoms with Crippen LogP contribution in [0.5, 0.6) is 0 Å². The van der Waals surface area contributed by atoms with E-state index in [2.05, 4.69) is 46.0 Å². The van der Waals surface area contributed by atoms with E-state index in [0.29, 0.717) is 11.6 Å². The molecule has 0 saturated carbocycles. The van der Waals surface area contributed by atoms with E-state index in [0.717, 1.165) is 43.7 Å². The van der Waals surface area contributed by atoms with Crippen LogP contribution < -0.4 is 5.32 Å². The lowest BCUT2D eigenvalue weighted by molar-refractivity contribution is 0.702. The van der Waals surface area contributed by atoms with Crippen LogP contribution in [0.3, 0.4) is 0 Å². The van der Waals surface area contributed by atoms with Crippen LogP contribution in [0.4, 0.5) is 0 Å². The van der Waals surface area contributed by atoms with Crippen LogP contribution in [-0.4, -0.2) is 33.0 Å². The average Bonchev–Trinajstić information content (AvgIpc) is 2.55. The maximum atomic E-state index is 4.68. The highest BCUT2D eigenvalue weighted by atomic mass is 15.0. The minimum absolute atomic E-state index is 0.597. The van der Waals surface area contributed by atoms with Gasteiger partial charge in [0.05, 0.1) is 0 Å². The van der Waals surface area contributed by atoms with Gasteiger partial charge in [-0.15, -0.1) is 0 Å². The lowest BCUT2D eigenvalue weighted by atomic mass is 10.0. The van der Waals surface area contributed by atoms with E-state index in [9.17, 15) is 0 Å². The Kier molecular flexibility index (Phi) is 5.75. The molecule has 2 rings (SSSR count). The van der Waals surface area contributed by atoms with E-state index in [1.54, 1.807) is 18.5 Å². The quantitative estimate of drug-likeness (QED) is 0.790. The molecule has 0 fully saturated rings. The van der Waals surface area contributed by atoms with Gasteiger partial charge in [0, 0.05) is 23.8 Å². The zero-order chi connectivity index (χ0) is 15.1. The first-order valence-corrected chi connectivity index (χ1v) is 7.66. The Labute approximate surface area is 126 Å². The summed E-state index contributed by atoms with van der Waals surface area (Å²) < 4.78 is 0. The van der Waals surface area contributed by atoms with E-state index in [-0.39, 0.29) is 0 Å². The van der Waals surface area contributed by atoms with Gasteiger partial charge in [-0.3, -0.25) is 0 Å². The van der Waals surface area contributed by atoms with Crippen molar-refractivity contribution < 1.29 is 0 Å². The minimum atomic E-state index is 0.597. The summed E-state index contributed by atoms with van der Waals surface area (Å²) in [5, 5.41) is 3.37. The number of nitrogens with zero attached hydrogens (tertiary/aromatic N) is 4. The first kappa shape index (κ1) is 15.5. The third kappa shape index (κ3) is 3.82. The van der Waals surface area contributed by atoms with Crippen LogP contribution in [0.15, 0.2) is 18.5 Å². The van der Waals surface area contributed by atoms with Crippen molar-refractivity contribution in [3.05, 3.63) is 35.4 Å². The Balaban J connectivity index is 2.38. The summed E-state index contributed by atoms with van der Waals surface area (Å²) in [7, 11) is 0. The first-order chi connectivity index (χ1) is 10.3. The topological polar surface area (TPSA) is 63.6 Å². The summed E-state index contributed by atoms with van der Waals surface area (Å²) in [6.45, 7) is 8.33. The molecular formula is C16H23N5. The molecule has 0 aliphatic carbocycles. The van der Waals surface area contributed by atoms with Gasteiger partial charge >= 0.3 is 0 Å². The Morgan fingerprint density at radius 2 is 1.52 bits per heavy atom. The molecule has 21 heavy (non-hydrogen) atoms. The highest BCUT2D eigenvalue weighted by Crippen LogP contribution is 2.18. The molecule has 0 amide bonds. The Bertz CT molecular complexity index is 543. The molecule has 0 atom stereocenters. The van der Waals surface area contributed by atoms with E-state index in [1.165, 1.54) is 5.56 Å².